The van der Waals surface area contributed by atoms with E-state index in [9.17, 15) is 15.2 Å². The van der Waals surface area contributed by atoms with Crippen LogP contribution >= 0.6 is 11.6 Å². The third kappa shape index (κ3) is 2.45. The van der Waals surface area contributed by atoms with Gasteiger partial charge in [0.15, 0.2) is 0 Å². The molecule has 0 saturated heterocycles. The van der Waals surface area contributed by atoms with Crippen LogP contribution in [0.2, 0.25) is 0 Å². The molecule has 100 valence electrons. The van der Waals surface area contributed by atoms with E-state index in [0.717, 1.165) is 0 Å². The van der Waals surface area contributed by atoms with E-state index in [1.165, 1.54) is 19.4 Å². The van der Waals surface area contributed by atoms with Crippen molar-refractivity contribution in [2.24, 2.45) is 0 Å². The molecule has 0 amide bonds. The quantitative estimate of drug-likeness (QED) is 0.529. The lowest BCUT2D eigenvalue weighted by Gasteiger charge is -2.11. The predicted octanol–water partition coefficient (Wildman–Crippen LogP) is 2.42. The van der Waals surface area contributed by atoms with Gasteiger partial charge >= 0.3 is 0 Å². The van der Waals surface area contributed by atoms with Crippen molar-refractivity contribution in [3.05, 3.63) is 40.1 Å². The van der Waals surface area contributed by atoms with E-state index >= 15 is 0 Å². The number of methoxy groups -OCH3 is 1. The van der Waals surface area contributed by atoms with Gasteiger partial charge in [-0.15, -0.1) is 11.6 Å². The van der Waals surface area contributed by atoms with Crippen LogP contribution < -0.4 is 4.74 Å². The number of aliphatic hydroxyl groups excluding tert-OH is 1. The van der Waals surface area contributed by atoms with Gasteiger partial charge in [0.05, 0.1) is 30.1 Å². The van der Waals surface area contributed by atoms with Gasteiger partial charge in [0.1, 0.15) is 11.3 Å². The zero-order chi connectivity index (χ0) is 14.0. The lowest BCUT2D eigenvalue weighted by Crippen LogP contribution is -2.02. The highest BCUT2D eigenvalue weighted by atomic mass is 35.5. The molecular formula is C12H11ClN2O4. The van der Waals surface area contributed by atoms with Crippen LogP contribution in [0.4, 0.5) is 5.69 Å². The summed E-state index contributed by atoms with van der Waals surface area (Å²) in [6, 6.07) is 4.48. The Bertz CT molecular complexity index is 632. The summed E-state index contributed by atoms with van der Waals surface area (Å²) >= 11 is 5.63. The second-order valence-corrected chi connectivity index (χ2v) is 4.18. The smallest absolute Gasteiger partial charge is 0.299 e. The molecule has 0 bridgehead atoms. The van der Waals surface area contributed by atoms with Gasteiger partial charge in [0, 0.05) is 11.6 Å². The molecule has 0 radical (unpaired) electrons. The lowest BCUT2D eigenvalue weighted by atomic mass is 10.0. The Balaban J connectivity index is 2.81. The molecule has 0 saturated carbocycles. The molecule has 19 heavy (non-hydrogen) atoms. The number of nitro benzene ring substituents is 1. The number of alkyl halides is 1. The first-order chi connectivity index (χ1) is 9.08. The van der Waals surface area contributed by atoms with Crippen molar-refractivity contribution in [2.75, 3.05) is 13.0 Å². The summed E-state index contributed by atoms with van der Waals surface area (Å²) in [6.07, 6.45) is 0.492. The molecule has 1 aromatic carbocycles. The van der Waals surface area contributed by atoms with Crippen molar-refractivity contribution < 1.29 is 14.8 Å². The Kier molecular flexibility index (Phi) is 3.82. The first kappa shape index (κ1) is 13.5. The highest BCUT2D eigenvalue weighted by Gasteiger charge is 2.19. The van der Waals surface area contributed by atoms with E-state index in [2.05, 4.69) is 4.98 Å². The lowest BCUT2D eigenvalue weighted by molar-refractivity contribution is -0.383. The van der Waals surface area contributed by atoms with E-state index < -0.39 is 11.0 Å². The van der Waals surface area contributed by atoms with Crippen LogP contribution in [-0.4, -0.2) is 28.0 Å². The summed E-state index contributed by atoms with van der Waals surface area (Å²) in [5.74, 6) is 0.319. The fraction of sp³-hybridized carbons (Fsp3) is 0.250. The minimum absolute atomic E-state index is 0.00980. The molecule has 0 fully saturated rings. The van der Waals surface area contributed by atoms with E-state index in [0.29, 0.717) is 16.7 Å². The minimum Gasteiger partial charge on any atom is -0.496 e. The van der Waals surface area contributed by atoms with Crippen molar-refractivity contribution in [3.8, 4) is 5.75 Å². The normalized spacial score (nSPS) is 12.4. The number of nitro groups is 1. The monoisotopic (exact) mass is 282 g/mol. The molecular weight excluding hydrogens is 272 g/mol. The second-order valence-electron chi connectivity index (χ2n) is 3.87. The van der Waals surface area contributed by atoms with Crippen LogP contribution in [0.15, 0.2) is 24.4 Å². The van der Waals surface area contributed by atoms with Crippen LogP contribution in [0.1, 0.15) is 11.7 Å². The standard InChI is InChI=1S/C12H11ClN2O4/c1-19-7-4-9-8(11(16)6-13)2-3-14-12(9)10(5-7)15(17)18/h2-5,11,16H,6H2,1H3/t11-/m1/s1. The number of hydrogen-bond acceptors (Lipinski definition) is 5. The minimum atomic E-state index is -0.918. The maximum Gasteiger partial charge on any atom is 0.299 e. The number of benzene rings is 1. The Morgan fingerprint density at radius 2 is 2.32 bits per heavy atom. The molecule has 0 aliphatic rings. The highest BCUT2D eigenvalue weighted by Crippen LogP contribution is 2.33. The van der Waals surface area contributed by atoms with Gasteiger partial charge in [-0.2, -0.15) is 0 Å². The maximum atomic E-state index is 11.1. The number of aromatic nitrogens is 1. The number of pyridine rings is 1. The first-order valence-electron chi connectivity index (χ1n) is 5.43. The zero-order valence-corrected chi connectivity index (χ0v) is 10.8. The summed E-state index contributed by atoms with van der Waals surface area (Å²) in [5, 5.41) is 21.4. The van der Waals surface area contributed by atoms with Crippen molar-refractivity contribution in [1.29, 1.82) is 0 Å². The zero-order valence-electron chi connectivity index (χ0n) is 10.0. The highest BCUT2D eigenvalue weighted by molar-refractivity contribution is 6.18. The second kappa shape index (κ2) is 5.38. The van der Waals surface area contributed by atoms with Crippen molar-refractivity contribution in [3.63, 3.8) is 0 Å². The molecule has 0 spiro atoms. The van der Waals surface area contributed by atoms with Gasteiger partial charge in [0.25, 0.3) is 5.69 Å². The average molecular weight is 283 g/mol. The Morgan fingerprint density at radius 3 is 2.89 bits per heavy atom. The number of fused-ring (bicyclic) bond motifs is 1. The number of hydrogen-bond donors (Lipinski definition) is 1. The van der Waals surface area contributed by atoms with Crippen molar-refractivity contribution >= 4 is 28.2 Å². The molecule has 7 heteroatoms. The van der Waals surface area contributed by atoms with Crippen LogP contribution in [-0.2, 0) is 0 Å². The first-order valence-corrected chi connectivity index (χ1v) is 5.97. The topological polar surface area (TPSA) is 85.5 Å². The van der Waals surface area contributed by atoms with Gasteiger partial charge < -0.3 is 9.84 Å². The molecule has 1 heterocycles. The fourth-order valence-electron chi connectivity index (χ4n) is 1.86. The molecule has 2 rings (SSSR count). The molecule has 0 aliphatic heterocycles. The van der Waals surface area contributed by atoms with Crippen molar-refractivity contribution in [2.45, 2.75) is 6.10 Å². The average Bonchev–Trinajstić information content (AvgIpc) is 2.44. The van der Waals surface area contributed by atoms with Gasteiger partial charge in [0.2, 0.25) is 0 Å². The Morgan fingerprint density at radius 1 is 1.58 bits per heavy atom. The van der Waals surface area contributed by atoms with Gasteiger partial charge in [-0.3, -0.25) is 10.1 Å². The van der Waals surface area contributed by atoms with E-state index in [1.807, 2.05) is 0 Å². The van der Waals surface area contributed by atoms with Crippen LogP contribution in [0.3, 0.4) is 0 Å². The Hall–Kier alpha value is -1.92. The van der Waals surface area contributed by atoms with E-state index in [4.69, 9.17) is 16.3 Å². The van der Waals surface area contributed by atoms with Gasteiger partial charge in [-0.1, -0.05) is 0 Å². The number of non-ortho nitro benzene ring substituents is 1. The predicted molar refractivity (Wildman–Crippen MR) is 70.6 cm³/mol. The molecule has 0 unspecified atom stereocenters. The van der Waals surface area contributed by atoms with Crippen LogP contribution in [0.5, 0.6) is 5.75 Å². The number of nitrogens with zero attached hydrogens (tertiary/aromatic N) is 2. The van der Waals surface area contributed by atoms with E-state index in [1.54, 1.807) is 12.1 Å². The maximum absolute atomic E-state index is 11.1. The van der Waals surface area contributed by atoms with Gasteiger partial charge in [-0.05, 0) is 17.7 Å². The Labute approximate surface area is 113 Å². The summed E-state index contributed by atoms with van der Waals surface area (Å²) in [7, 11) is 1.42. The largest absolute Gasteiger partial charge is 0.496 e. The summed E-state index contributed by atoms with van der Waals surface area (Å²) in [4.78, 5) is 14.5. The third-order valence-corrected chi connectivity index (χ3v) is 3.06. The molecule has 2 aromatic rings. The molecule has 0 aliphatic carbocycles. The van der Waals surface area contributed by atoms with E-state index in [-0.39, 0.29) is 17.1 Å². The molecule has 1 aromatic heterocycles. The third-order valence-electron chi connectivity index (χ3n) is 2.77. The summed E-state index contributed by atoms with van der Waals surface area (Å²) in [6.45, 7) is 0. The van der Waals surface area contributed by atoms with Crippen molar-refractivity contribution in [1.82, 2.24) is 4.98 Å². The SMILES string of the molecule is COc1cc([N+](=O)[O-])c2nccc([C@H](O)CCl)c2c1. The number of halogens is 1. The molecule has 1 N–H and O–H groups in total. The number of ether oxygens (including phenoxy) is 1. The van der Waals surface area contributed by atoms with Gasteiger partial charge in [-0.25, -0.2) is 4.98 Å². The van der Waals surface area contributed by atoms with Crippen LogP contribution in [0, 0.1) is 10.1 Å². The summed E-state index contributed by atoms with van der Waals surface area (Å²) < 4.78 is 5.03. The summed E-state index contributed by atoms with van der Waals surface area (Å²) in [5.41, 5.74) is 0.521. The fourth-order valence-corrected chi connectivity index (χ4v) is 2.03. The molecule has 6 nitrogen and oxygen atoms in total. The number of rotatable bonds is 4. The van der Waals surface area contributed by atoms with Crippen LogP contribution in [0.25, 0.3) is 10.9 Å². The molecule has 1 atom stereocenters. The number of aliphatic hydroxyl groups is 1.